The second-order valence-corrected chi connectivity index (χ2v) is 5.81. The van der Waals surface area contributed by atoms with Crippen molar-refractivity contribution < 1.29 is 4.79 Å². The number of thiophene rings is 1. The van der Waals surface area contributed by atoms with Crippen LogP contribution in [0.3, 0.4) is 0 Å². The summed E-state index contributed by atoms with van der Waals surface area (Å²) in [5, 5.41) is 10.9. The number of hydrogen-bond acceptors (Lipinski definition) is 4. The Morgan fingerprint density at radius 1 is 1.35 bits per heavy atom. The molecule has 20 heavy (non-hydrogen) atoms. The minimum Gasteiger partial charge on any atom is -0.335 e. The van der Waals surface area contributed by atoms with Crippen LogP contribution in [-0.4, -0.2) is 52.1 Å². The van der Waals surface area contributed by atoms with Crippen LogP contribution in [-0.2, 0) is 0 Å². The highest BCUT2D eigenvalue weighted by molar-refractivity contribution is 7.07. The summed E-state index contributed by atoms with van der Waals surface area (Å²) in [4.78, 5) is 16.5. The van der Waals surface area contributed by atoms with Gasteiger partial charge in [0.25, 0.3) is 5.91 Å². The van der Waals surface area contributed by atoms with Crippen molar-refractivity contribution in [3.63, 3.8) is 0 Å². The second kappa shape index (κ2) is 5.76. The van der Waals surface area contributed by atoms with Crippen molar-refractivity contribution >= 4 is 17.2 Å². The van der Waals surface area contributed by atoms with Gasteiger partial charge in [-0.05, 0) is 35.4 Å². The molecular weight excluding hydrogens is 272 g/mol. The van der Waals surface area contributed by atoms with E-state index in [4.69, 9.17) is 0 Å². The molecule has 5 nitrogen and oxygen atoms in total. The largest absolute Gasteiger partial charge is 0.335 e. The molecule has 0 radical (unpaired) electrons. The third-order valence-corrected chi connectivity index (χ3v) is 4.61. The number of rotatable bonds is 3. The lowest BCUT2D eigenvalue weighted by Crippen LogP contribution is -2.49. The first-order valence-electron chi connectivity index (χ1n) is 6.80. The molecule has 1 amide bonds. The number of aromatic amines is 1. The first-order valence-corrected chi connectivity index (χ1v) is 7.75. The van der Waals surface area contributed by atoms with Crippen LogP contribution in [0, 0.1) is 0 Å². The number of nitrogens with zero attached hydrogens (tertiary/aromatic N) is 3. The summed E-state index contributed by atoms with van der Waals surface area (Å²) in [6, 6.07) is 4.32. The maximum Gasteiger partial charge on any atom is 0.271 e. The second-order valence-electron chi connectivity index (χ2n) is 5.03. The molecule has 0 aromatic carbocycles. The van der Waals surface area contributed by atoms with Crippen LogP contribution in [0.15, 0.2) is 29.1 Å². The van der Waals surface area contributed by atoms with Gasteiger partial charge in [-0.2, -0.15) is 16.4 Å². The molecule has 0 unspecified atom stereocenters. The van der Waals surface area contributed by atoms with Gasteiger partial charge >= 0.3 is 0 Å². The SMILES string of the molecule is C[C@@H](c1ccsc1)N1CCN(C(=O)c2ccn[nH]2)CC1. The molecule has 3 rings (SSSR count). The molecule has 3 heterocycles. The predicted octanol–water partition coefficient (Wildman–Crippen LogP) is 1.99. The molecule has 0 saturated carbocycles. The average Bonchev–Trinajstić information content (AvgIpc) is 3.18. The zero-order valence-corrected chi connectivity index (χ0v) is 12.3. The third kappa shape index (κ3) is 2.62. The van der Waals surface area contributed by atoms with E-state index >= 15 is 0 Å². The van der Waals surface area contributed by atoms with Crippen LogP contribution in [0.1, 0.15) is 29.0 Å². The van der Waals surface area contributed by atoms with Gasteiger partial charge in [-0.25, -0.2) is 0 Å². The van der Waals surface area contributed by atoms with E-state index in [0.717, 1.165) is 26.2 Å². The van der Waals surface area contributed by atoms with Gasteiger partial charge in [0.05, 0.1) is 0 Å². The molecular formula is C14H18N4OS. The smallest absolute Gasteiger partial charge is 0.271 e. The maximum atomic E-state index is 12.2. The van der Waals surface area contributed by atoms with Gasteiger partial charge in [0.2, 0.25) is 0 Å². The lowest BCUT2D eigenvalue weighted by atomic mass is 10.1. The van der Waals surface area contributed by atoms with E-state index in [2.05, 4.69) is 38.8 Å². The fraction of sp³-hybridized carbons (Fsp3) is 0.429. The standard InChI is InChI=1S/C14H18N4OS/c1-11(12-3-9-20-10-12)17-5-7-18(8-6-17)14(19)13-2-4-15-16-13/h2-4,9-11H,5-8H2,1H3,(H,15,16)/t11-/m0/s1. The number of hydrogen-bond donors (Lipinski definition) is 1. The lowest BCUT2D eigenvalue weighted by Gasteiger charge is -2.37. The summed E-state index contributed by atoms with van der Waals surface area (Å²) in [6.45, 7) is 5.60. The fourth-order valence-corrected chi connectivity index (χ4v) is 3.33. The number of aromatic nitrogens is 2. The number of piperazine rings is 1. The number of carbonyl (C=O) groups is 1. The summed E-state index contributed by atoms with van der Waals surface area (Å²) in [5.74, 6) is 0.0466. The third-order valence-electron chi connectivity index (χ3n) is 3.91. The Labute approximate surface area is 122 Å². The molecule has 106 valence electrons. The van der Waals surface area contributed by atoms with Crippen molar-refractivity contribution in [1.29, 1.82) is 0 Å². The first kappa shape index (κ1) is 13.3. The van der Waals surface area contributed by atoms with Gasteiger partial charge in [0, 0.05) is 38.4 Å². The van der Waals surface area contributed by atoms with Crippen molar-refractivity contribution in [1.82, 2.24) is 20.0 Å². The molecule has 0 aliphatic carbocycles. The van der Waals surface area contributed by atoms with E-state index < -0.39 is 0 Å². The molecule has 0 spiro atoms. The summed E-state index contributed by atoms with van der Waals surface area (Å²) in [5.41, 5.74) is 1.94. The molecule has 1 fully saturated rings. The number of carbonyl (C=O) groups excluding carboxylic acids is 1. The number of nitrogens with one attached hydrogen (secondary N) is 1. The van der Waals surface area contributed by atoms with Gasteiger partial charge in [0.15, 0.2) is 0 Å². The van der Waals surface area contributed by atoms with Crippen LogP contribution in [0.5, 0.6) is 0 Å². The Morgan fingerprint density at radius 2 is 2.15 bits per heavy atom. The highest BCUT2D eigenvalue weighted by Gasteiger charge is 2.25. The fourth-order valence-electron chi connectivity index (χ4n) is 2.58. The highest BCUT2D eigenvalue weighted by Crippen LogP contribution is 2.23. The highest BCUT2D eigenvalue weighted by atomic mass is 32.1. The average molecular weight is 290 g/mol. The Morgan fingerprint density at radius 3 is 2.75 bits per heavy atom. The summed E-state index contributed by atoms with van der Waals surface area (Å²) in [7, 11) is 0. The van der Waals surface area contributed by atoms with Crippen molar-refractivity contribution in [2.75, 3.05) is 26.2 Å². The molecule has 1 saturated heterocycles. The number of amides is 1. The van der Waals surface area contributed by atoms with Gasteiger partial charge < -0.3 is 4.90 Å². The Balaban J connectivity index is 1.58. The van der Waals surface area contributed by atoms with Crippen molar-refractivity contribution in [2.45, 2.75) is 13.0 Å². The zero-order chi connectivity index (χ0) is 13.9. The lowest BCUT2D eigenvalue weighted by molar-refractivity contribution is 0.0577. The molecule has 6 heteroatoms. The molecule has 1 aliphatic heterocycles. The van der Waals surface area contributed by atoms with E-state index in [1.807, 2.05) is 4.90 Å². The van der Waals surface area contributed by atoms with Gasteiger partial charge in [0.1, 0.15) is 5.69 Å². The molecule has 1 N–H and O–H groups in total. The van der Waals surface area contributed by atoms with Crippen molar-refractivity contribution in [2.24, 2.45) is 0 Å². The van der Waals surface area contributed by atoms with E-state index in [1.54, 1.807) is 23.6 Å². The Bertz CT molecular complexity index is 544. The van der Waals surface area contributed by atoms with E-state index in [-0.39, 0.29) is 5.91 Å². The minimum atomic E-state index is 0.0466. The topological polar surface area (TPSA) is 52.2 Å². The summed E-state index contributed by atoms with van der Waals surface area (Å²) >= 11 is 1.73. The normalized spacial score (nSPS) is 18.1. The molecule has 0 bridgehead atoms. The van der Waals surface area contributed by atoms with Crippen molar-refractivity contribution in [3.8, 4) is 0 Å². The van der Waals surface area contributed by atoms with Crippen LogP contribution in [0.25, 0.3) is 0 Å². The van der Waals surface area contributed by atoms with Crippen LogP contribution >= 0.6 is 11.3 Å². The van der Waals surface area contributed by atoms with Crippen LogP contribution < -0.4 is 0 Å². The Kier molecular flexibility index (Phi) is 3.84. The quantitative estimate of drug-likeness (QED) is 0.940. The molecule has 2 aromatic rings. The number of H-pyrrole nitrogens is 1. The van der Waals surface area contributed by atoms with Crippen LogP contribution in [0.2, 0.25) is 0 Å². The van der Waals surface area contributed by atoms with E-state index in [0.29, 0.717) is 11.7 Å². The van der Waals surface area contributed by atoms with Gasteiger partial charge in [-0.15, -0.1) is 0 Å². The Hall–Kier alpha value is -1.66. The summed E-state index contributed by atoms with van der Waals surface area (Å²) in [6.07, 6.45) is 1.61. The predicted molar refractivity (Wildman–Crippen MR) is 78.8 cm³/mol. The molecule has 2 aromatic heterocycles. The van der Waals surface area contributed by atoms with Crippen molar-refractivity contribution in [3.05, 3.63) is 40.3 Å². The van der Waals surface area contributed by atoms with E-state index in [9.17, 15) is 4.79 Å². The van der Waals surface area contributed by atoms with Gasteiger partial charge in [-0.3, -0.25) is 14.8 Å². The summed E-state index contributed by atoms with van der Waals surface area (Å²) < 4.78 is 0. The molecule has 1 atom stereocenters. The van der Waals surface area contributed by atoms with E-state index in [1.165, 1.54) is 5.56 Å². The molecule has 1 aliphatic rings. The van der Waals surface area contributed by atoms with Gasteiger partial charge in [-0.1, -0.05) is 0 Å². The monoisotopic (exact) mass is 290 g/mol. The minimum absolute atomic E-state index is 0.0466. The van der Waals surface area contributed by atoms with Crippen LogP contribution in [0.4, 0.5) is 0 Å². The maximum absolute atomic E-state index is 12.2. The first-order chi connectivity index (χ1) is 9.75. The zero-order valence-electron chi connectivity index (χ0n) is 11.5.